The Morgan fingerprint density at radius 2 is 1.84 bits per heavy atom. The predicted molar refractivity (Wildman–Crippen MR) is 100 cm³/mol. The van der Waals surface area contributed by atoms with Crippen molar-refractivity contribution in [1.29, 1.82) is 0 Å². The molecule has 5 heteroatoms. The molecule has 0 fully saturated rings. The van der Waals surface area contributed by atoms with Crippen molar-refractivity contribution in [1.82, 2.24) is 19.3 Å². The molecule has 0 saturated heterocycles. The highest BCUT2D eigenvalue weighted by Gasteiger charge is 2.25. The van der Waals surface area contributed by atoms with Crippen molar-refractivity contribution in [3.8, 4) is 0 Å². The van der Waals surface area contributed by atoms with Crippen LogP contribution in [-0.4, -0.2) is 19.3 Å². The second kappa shape index (κ2) is 5.62. The fourth-order valence-electron chi connectivity index (χ4n) is 3.24. The highest BCUT2D eigenvalue weighted by molar-refractivity contribution is 5.77. The minimum absolute atomic E-state index is 0.0241. The van der Waals surface area contributed by atoms with Crippen LogP contribution in [0.5, 0.6) is 0 Å². The summed E-state index contributed by atoms with van der Waals surface area (Å²) in [5.41, 5.74) is 4.87. The van der Waals surface area contributed by atoms with E-state index < -0.39 is 0 Å². The predicted octanol–water partition coefficient (Wildman–Crippen LogP) is 3.97. The van der Waals surface area contributed by atoms with Gasteiger partial charge in [0.1, 0.15) is 12.4 Å². The number of benzene rings is 1. The van der Waals surface area contributed by atoms with Crippen LogP contribution >= 0.6 is 0 Å². The third-order valence-electron chi connectivity index (χ3n) is 4.76. The van der Waals surface area contributed by atoms with Gasteiger partial charge in [-0.3, -0.25) is 0 Å². The van der Waals surface area contributed by atoms with Crippen LogP contribution in [0, 0.1) is 0 Å². The van der Waals surface area contributed by atoms with Gasteiger partial charge in [0.25, 0.3) is 0 Å². The molecule has 1 unspecified atom stereocenters. The molecule has 4 rings (SSSR count). The second-order valence-electron chi connectivity index (χ2n) is 7.55. The van der Waals surface area contributed by atoms with E-state index in [4.69, 9.17) is 0 Å². The largest absolute Gasteiger partial charge is 0.352 e. The Balaban J connectivity index is 1.75. The number of hydrogen-bond donors (Lipinski definition) is 1. The molecule has 25 heavy (non-hydrogen) atoms. The van der Waals surface area contributed by atoms with Crippen molar-refractivity contribution in [3.63, 3.8) is 0 Å². The fraction of sp³-hybridized carbons (Fsp3) is 0.300. The maximum atomic E-state index is 4.39. The van der Waals surface area contributed by atoms with Gasteiger partial charge in [0.2, 0.25) is 5.95 Å². The van der Waals surface area contributed by atoms with E-state index >= 15 is 0 Å². The number of anilines is 1. The van der Waals surface area contributed by atoms with Crippen LogP contribution in [-0.2, 0) is 12.5 Å². The van der Waals surface area contributed by atoms with E-state index in [2.05, 4.69) is 96.5 Å². The van der Waals surface area contributed by atoms with Crippen molar-refractivity contribution >= 4 is 11.6 Å². The van der Waals surface area contributed by atoms with E-state index in [0.717, 1.165) is 17.2 Å². The van der Waals surface area contributed by atoms with Gasteiger partial charge in [-0.15, -0.1) is 0 Å². The lowest BCUT2D eigenvalue weighted by molar-refractivity contribution is 0.578. The van der Waals surface area contributed by atoms with Gasteiger partial charge in [-0.05, 0) is 34.8 Å². The van der Waals surface area contributed by atoms with Gasteiger partial charge in [0, 0.05) is 24.6 Å². The Labute approximate surface area is 148 Å². The number of aryl methyl sites for hydroxylation is 1. The van der Waals surface area contributed by atoms with Gasteiger partial charge in [0.05, 0.1) is 0 Å². The molecule has 1 N–H and O–H groups in total. The average molecular weight is 333 g/mol. The molecule has 1 aliphatic heterocycles. The Morgan fingerprint density at radius 1 is 1.08 bits per heavy atom. The number of nitrogens with zero attached hydrogens (tertiary/aromatic N) is 4. The van der Waals surface area contributed by atoms with E-state index in [9.17, 15) is 0 Å². The van der Waals surface area contributed by atoms with Crippen LogP contribution in [0.4, 0.5) is 5.95 Å². The zero-order valence-corrected chi connectivity index (χ0v) is 15.1. The van der Waals surface area contributed by atoms with Gasteiger partial charge in [-0.1, -0.05) is 45.0 Å². The lowest BCUT2D eigenvalue weighted by Crippen LogP contribution is -2.21. The molecule has 0 spiro atoms. The highest BCUT2D eigenvalue weighted by atomic mass is 15.4. The lowest BCUT2D eigenvalue weighted by Gasteiger charge is -2.25. The Kier molecular flexibility index (Phi) is 3.53. The Bertz CT molecular complexity index is 922. The van der Waals surface area contributed by atoms with Gasteiger partial charge in [0.15, 0.2) is 0 Å². The van der Waals surface area contributed by atoms with E-state index in [-0.39, 0.29) is 11.5 Å². The van der Waals surface area contributed by atoms with Crippen molar-refractivity contribution in [2.24, 2.45) is 7.05 Å². The number of allylic oxidation sites excluding steroid dienone is 1. The molecule has 0 aliphatic carbocycles. The first-order chi connectivity index (χ1) is 11.9. The molecule has 0 radical (unpaired) electrons. The monoisotopic (exact) mass is 333 g/mol. The first-order valence-electron chi connectivity index (χ1n) is 8.54. The van der Waals surface area contributed by atoms with E-state index in [0.29, 0.717) is 0 Å². The molecule has 5 nitrogen and oxygen atoms in total. The Morgan fingerprint density at radius 3 is 2.48 bits per heavy atom. The minimum Gasteiger partial charge on any atom is -0.352 e. The van der Waals surface area contributed by atoms with Crippen LogP contribution < -0.4 is 5.32 Å². The van der Waals surface area contributed by atoms with Crippen molar-refractivity contribution in [2.45, 2.75) is 32.2 Å². The summed E-state index contributed by atoms with van der Waals surface area (Å²) in [4.78, 5) is 4.37. The summed E-state index contributed by atoms with van der Waals surface area (Å²) in [5, 5.41) is 7.80. The Hall–Kier alpha value is -2.82. The molecule has 0 bridgehead atoms. The van der Waals surface area contributed by atoms with Crippen molar-refractivity contribution in [2.75, 3.05) is 5.32 Å². The standard InChI is InChI=1S/C20H23N5/c1-20(2,3)15-9-7-14(8-10-15)16-12-18(17-6-5-11-24(17)4)25-19(23-16)21-13-22-25/h5-13,18H,1-4H3,(H,21,22,23). The van der Waals surface area contributed by atoms with Crippen molar-refractivity contribution < 1.29 is 0 Å². The molecule has 1 aliphatic rings. The number of fused-ring (bicyclic) bond motifs is 1. The molecule has 1 aromatic carbocycles. The number of hydrogen-bond acceptors (Lipinski definition) is 3. The quantitative estimate of drug-likeness (QED) is 0.772. The van der Waals surface area contributed by atoms with Crippen LogP contribution in [0.2, 0.25) is 0 Å². The fourth-order valence-corrected chi connectivity index (χ4v) is 3.24. The molecule has 3 aromatic rings. The maximum Gasteiger partial charge on any atom is 0.226 e. The smallest absolute Gasteiger partial charge is 0.226 e. The maximum absolute atomic E-state index is 4.39. The van der Waals surface area contributed by atoms with Gasteiger partial charge in [-0.25, -0.2) is 4.68 Å². The molecule has 3 heterocycles. The molecule has 2 aromatic heterocycles. The number of aromatic nitrogens is 4. The summed E-state index contributed by atoms with van der Waals surface area (Å²) >= 11 is 0. The number of nitrogens with one attached hydrogen (secondary N) is 1. The normalized spacial score (nSPS) is 17.0. The van der Waals surface area contributed by atoms with Crippen LogP contribution in [0.1, 0.15) is 43.6 Å². The van der Waals surface area contributed by atoms with Crippen LogP contribution in [0.25, 0.3) is 5.70 Å². The molecule has 0 saturated carbocycles. The second-order valence-corrected chi connectivity index (χ2v) is 7.55. The molecular weight excluding hydrogens is 310 g/mol. The topological polar surface area (TPSA) is 47.7 Å². The van der Waals surface area contributed by atoms with Gasteiger partial charge >= 0.3 is 0 Å². The zero-order valence-electron chi connectivity index (χ0n) is 15.1. The SMILES string of the molecule is Cn1cccc1C1C=C(c2ccc(C(C)(C)C)cc2)Nc2ncnn21. The van der Waals surface area contributed by atoms with Crippen LogP contribution in [0.15, 0.2) is 55.0 Å². The van der Waals surface area contributed by atoms with E-state index in [1.807, 2.05) is 4.68 Å². The summed E-state index contributed by atoms with van der Waals surface area (Å²) in [6.45, 7) is 6.69. The summed E-state index contributed by atoms with van der Waals surface area (Å²) in [5.74, 6) is 0.767. The van der Waals surface area contributed by atoms with Gasteiger partial charge in [-0.2, -0.15) is 10.1 Å². The summed E-state index contributed by atoms with van der Waals surface area (Å²) in [7, 11) is 2.06. The summed E-state index contributed by atoms with van der Waals surface area (Å²) < 4.78 is 4.04. The first kappa shape index (κ1) is 15.7. The summed E-state index contributed by atoms with van der Waals surface area (Å²) in [6, 6.07) is 13.0. The van der Waals surface area contributed by atoms with Crippen LogP contribution in [0.3, 0.4) is 0 Å². The first-order valence-corrected chi connectivity index (χ1v) is 8.54. The lowest BCUT2D eigenvalue weighted by atomic mass is 9.86. The third kappa shape index (κ3) is 2.76. The van der Waals surface area contributed by atoms with Crippen molar-refractivity contribution in [3.05, 3.63) is 71.8 Å². The minimum atomic E-state index is 0.0241. The van der Waals surface area contributed by atoms with E-state index in [1.54, 1.807) is 6.33 Å². The number of rotatable bonds is 2. The summed E-state index contributed by atoms with van der Waals surface area (Å²) in [6.07, 6.45) is 5.86. The third-order valence-corrected chi connectivity index (χ3v) is 4.76. The molecule has 0 amide bonds. The molecule has 128 valence electrons. The highest BCUT2D eigenvalue weighted by Crippen LogP contribution is 2.32. The average Bonchev–Trinajstić information content (AvgIpc) is 3.22. The molecular formula is C20H23N5. The van der Waals surface area contributed by atoms with Gasteiger partial charge < -0.3 is 9.88 Å². The molecule has 1 atom stereocenters. The van der Waals surface area contributed by atoms with E-state index in [1.165, 1.54) is 11.3 Å². The zero-order chi connectivity index (χ0) is 17.6.